The number of carbonyl (C=O) groups excluding carboxylic acids is 2. The van der Waals surface area contributed by atoms with Crippen molar-refractivity contribution in [2.45, 2.75) is 12.8 Å². The second-order valence-corrected chi connectivity index (χ2v) is 6.33. The first-order valence-corrected chi connectivity index (χ1v) is 8.36. The number of benzene rings is 2. The highest BCUT2D eigenvalue weighted by Crippen LogP contribution is 2.34. The molecule has 0 radical (unpaired) electrons. The van der Waals surface area contributed by atoms with Crippen LogP contribution in [0.2, 0.25) is 5.02 Å². The highest BCUT2D eigenvalue weighted by atomic mass is 35.5. The summed E-state index contributed by atoms with van der Waals surface area (Å²) in [5.41, 5.74) is 0.773. The third-order valence-corrected chi connectivity index (χ3v) is 4.34. The molecule has 1 N–H and O–H groups in total. The normalized spacial score (nSPS) is 12.5. The maximum atomic E-state index is 13.0. The van der Waals surface area contributed by atoms with Crippen molar-refractivity contribution in [3.05, 3.63) is 64.9 Å². The van der Waals surface area contributed by atoms with Crippen LogP contribution in [0.4, 0.5) is 10.1 Å². The van der Waals surface area contributed by atoms with Gasteiger partial charge in [-0.15, -0.1) is 0 Å². The van der Waals surface area contributed by atoms with Gasteiger partial charge >= 0.3 is 0 Å². The summed E-state index contributed by atoms with van der Waals surface area (Å²) < 4.78 is 13.0. The van der Waals surface area contributed by atoms with Gasteiger partial charge in [-0.05, 0) is 48.9 Å². The van der Waals surface area contributed by atoms with E-state index in [-0.39, 0.29) is 0 Å². The molecule has 5 nitrogen and oxygen atoms in total. The van der Waals surface area contributed by atoms with Gasteiger partial charge in [0.25, 0.3) is 0 Å². The number of hydrogen-bond acceptors (Lipinski definition) is 4. The molecule has 0 bridgehead atoms. The molecule has 7 heteroatoms. The fraction of sp³-hybridized carbons (Fsp3) is 0.200. The summed E-state index contributed by atoms with van der Waals surface area (Å²) in [5.74, 6) is -5.12. The maximum absolute atomic E-state index is 13.0. The molecule has 1 amide bonds. The average molecular weight is 384 g/mol. The van der Waals surface area contributed by atoms with Crippen LogP contribution in [0.15, 0.2) is 48.5 Å². The van der Waals surface area contributed by atoms with Crippen LogP contribution in [0.3, 0.4) is 0 Å². The van der Waals surface area contributed by atoms with E-state index in [2.05, 4.69) is 5.32 Å². The van der Waals surface area contributed by atoms with E-state index in [1.54, 1.807) is 24.3 Å². The molecule has 27 heavy (non-hydrogen) atoms. The molecule has 136 valence electrons. The molecule has 0 aliphatic carbocycles. The Bertz CT molecular complexity index is 900. The molecular formula is C20H15ClFN3O2. The van der Waals surface area contributed by atoms with Crippen molar-refractivity contribution in [1.82, 2.24) is 0 Å². The van der Waals surface area contributed by atoms with Crippen molar-refractivity contribution >= 4 is 29.0 Å². The fourth-order valence-corrected chi connectivity index (χ4v) is 2.93. The summed E-state index contributed by atoms with van der Waals surface area (Å²) in [6.07, 6.45) is 0. The Balaban J connectivity index is 2.44. The number of amides is 1. The van der Waals surface area contributed by atoms with E-state index < -0.39 is 35.3 Å². The SMILES string of the molecule is CC(=O)[C@H](C(=O)Nc1ccc(F)cc1)[C@H](c1ccc(Cl)cc1)C(C#N)C#N. The Kier molecular flexibility index (Phi) is 6.65. The van der Waals surface area contributed by atoms with Crippen LogP contribution in [-0.4, -0.2) is 11.7 Å². The average Bonchev–Trinajstić information content (AvgIpc) is 2.64. The van der Waals surface area contributed by atoms with E-state index in [0.717, 1.165) is 0 Å². The Morgan fingerprint density at radius 1 is 1.04 bits per heavy atom. The highest BCUT2D eigenvalue weighted by molar-refractivity contribution is 6.30. The van der Waals surface area contributed by atoms with Crippen LogP contribution >= 0.6 is 11.6 Å². The lowest BCUT2D eigenvalue weighted by molar-refractivity contribution is -0.131. The number of rotatable bonds is 6. The van der Waals surface area contributed by atoms with Gasteiger partial charge in [-0.25, -0.2) is 4.39 Å². The molecule has 2 aromatic rings. The van der Waals surface area contributed by atoms with Crippen LogP contribution in [0.25, 0.3) is 0 Å². The molecule has 0 saturated carbocycles. The molecule has 0 aliphatic heterocycles. The summed E-state index contributed by atoms with van der Waals surface area (Å²) in [7, 11) is 0. The second kappa shape index (κ2) is 8.93. The minimum Gasteiger partial charge on any atom is -0.325 e. The number of Topliss-reactive ketones (excluding diaryl/α,β-unsaturated/α-hetero) is 1. The van der Waals surface area contributed by atoms with E-state index in [0.29, 0.717) is 16.3 Å². The highest BCUT2D eigenvalue weighted by Gasteiger charge is 2.39. The summed E-state index contributed by atoms with van der Waals surface area (Å²) >= 11 is 5.88. The van der Waals surface area contributed by atoms with E-state index in [1.165, 1.54) is 31.2 Å². The standard InChI is InChI=1S/C20H15ClFN3O2/c1-12(26)18(20(27)25-17-8-6-16(22)7-9-17)19(14(10-23)11-24)13-2-4-15(21)5-3-13/h2-9,14,18-19H,1H3,(H,25,27)/t18-,19+/m0/s1. The monoisotopic (exact) mass is 383 g/mol. The van der Waals surface area contributed by atoms with Gasteiger partial charge in [0.15, 0.2) is 0 Å². The van der Waals surface area contributed by atoms with Crippen molar-refractivity contribution in [3.63, 3.8) is 0 Å². The number of anilines is 1. The van der Waals surface area contributed by atoms with E-state index >= 15 is 0 Å². The molecule has 2 aromatic carbocycles. The van der Waals surface area contributed by atoms with Gasteiger partial charge in [0.1, 0.15) is 23.4 Å². The number of halogens is 2. The topological polar surface area (TPSA) is 93.8 Å². The predicted molar refractivity (Wildman–Crippen MR) is 98.1 cm³/mol. The minimum atomic E-state index is -1.28. The summed E-state index contributed by atoms with van der Waals surface area (Å²) in [6, 6.07) is 15.0. The molecule has 0 aromatic heterocycles. The maximum Gasteiger partial charge on any atom is 0.235 e. The zero-order valence-corrected chi connectivity index (χ0v) is 15.1. The van der Waals surface area contributed by atoms with E-state index in [1.807, 2.05) is 12.1 Å². The van der Waals surface area contributed by atoms with Gasteiger partial charge in [0.2, 0.25) is 5.91 Å². The number of hydrogen-bond donors (Lipinski definition) is 1. The van der Waals surface area contributed by atoms with Crippen molar-refractivity contribution in [3.8, 4) is 12.1 Å². The third kappa shape index (κ3) is 4.91. The molecule has 2 atom stereocenters. The van der Waals surface area contributed by atoms with E-state index in [9.17, 15) is 24.5 Å². The summed E-state index contributed by atoms with van der Waals surface area (Å²) in [5, 5.41) is 21.7. The lowest BCUT2D eigenvalue weighted by atomic mass is 9.75. The number of nitrogens with one attached hydrogen (secondary N) is 1. The van der Waals surface area contributed by atoms with Gasteiger partial charge in [0.05, 0.1) is 12.1 Å². The molecule has 2 rings (SSSR count). The summed E-state index contributed by atoms with van der Waals surface area (Å²) in [6.45, 7) is 1.23. The van der Waals surface area contributed by atoms with Crippen molar-refractivity contribution in [2.24, 2.45) is 11.8 Å². The number of nitrogens with zero attached hydrogens (tertiary/aromatic N) is 2. The lowest BCUT2D eigenvalue weighted by Crippen LogP contribution is -2.36. The molecule has 0 saturated heterocycles. The Morgan fingerprint density at radius 3 is 2.07 bits per heavy atom. The van der Waals surface area contributed by atoms with Gasteiger partial charge in [-0.1, -0.05) is 23.7 Å². The molecule has 0 spiro atoms. The number of carbonyl (C=O) groups is 2. The Hall–Kier alpha value is -3.22. The Labute approximate surface area is 161 Å². The molecule has 0 unspecified atom stereocenters. The first-order chi connectivity index (χ1) is 12.9. The predicted octanol–water partition coefficient (Wildman–Crippen LogP) is 4.07. The van der Waals surface area contributed by atoms with Crippen molar-refractivity contribution in [2.75, 3.05) is 5.32 Å². The van der Waals surface area contributed by atoms with Gasteiger partial charge in [0, 0.05) is 16.6 Å². The van der Waals surface area contributed by atoms with Gasteiger partial charge in [-0.3, -0.25) is 9.59 Å². The lowest BCUT2D eigenvalue weighted by Gasteiger charge is -2.25. The zero-order valence-electron chi connectivity index (χ0n) is 14.3. The molecule has 0 aliphatic rings. The van der Waals surface area contributed by atoms with E-state index in [4.69, 9.17) is 11.6 Å². The number of ketones is 1. The minimum absolute atomic E-state index is 0.299. The van der Waals surface area contributed by atoms with Crippen LogP contribution in [0.1, 0.15) is 18.4 Å². The molecular weight excluding hydrogens is 369 g/mol. The smallest absolute Gasteiger partial charge is 0.235 e. The van der Waals surface area contributed by atoms with Gasteiger partial charge in [-0.2, -0.15) is 10.5 Å². The first kappa shape index (κ1) is 20.1. The van der Waals surface area contributed by atoms with Crippen molar-refractivity contribution in [1.29, 1.82) is 10.5 Å². The van der Waals surface area contributed by atoms with Crippen LogP contribution in [-0.2, 0) is 9.59 Å². The first-order valence-electron chi connectivity index (χ1n) is 7.99. The zero-order chi connectivity index (χ0) is 20.0. The van der Waals surface area contributed by atoms with Crippen molar-refractivity contribution < 1.29 is 14.0 Å². The largest absolute Gasteiger partial charge is 0.325 e. The quantitative estimate of drug-likeness (QED) is 0.761. The Morgan fingerprint density at radius 2 is 1.59 bits per heavy atom. The van der Waals surface area contributed by atoms with Gasteiger partial charge < -0.3 is 5.32 Å². The fourth-order valence-electron chi connectivity index (χ4n) is 2.81. The van der Waals surface area contributed by atoms with Crippen LogP contribution < -0.4 is 5.32 Å². The second-order valence-electron chi connectivity index (χ2n) is 5.90. The van der Waals surface area contributed by atoms with Crippen LogP contribution in [0.5, 0.6) is 0 Å². The third-order valence-electron chi connectivity index (χ3n) is 4.08. The molecule has 0 heterocycles. The number of nitriles is 2. The molecule has 0 fully saturated rings. The van der Waals surface area contributed by atoms with Crippen LogP contribution in [0, 0.1) is 40.3 Å². The summed E-state index contributed by atoms with van der Waals surface area (Å²) in [4.78, 5) is 25.1.